The van der Waals surface area contributed by atoms with Crippen LogP contribution in [0.5, 0.6) is 0 Å². The van der Waals surface area contributed by atoms with Gasteiger partial charge in [-0.15, -0.1) is 11.3 Å². The SMILES string of the molecule is CCCCC1CCN(C(=O)Cc2ccc3sc(C)nc3c2)CC1. The van der Waals surface area contributed by atoms with E-state index in [0.717, 1.165) is 35.1 Å². The van der Waals surface area contributed by atoms with E-state index >= 15 is 0 Å². The molecule has 23 heavy (non-hydrogen) atoms. The van der Waals surface area contributed by atoms with E-state index in [9.17, 15) is 4.79 Å². The first-order valence-electron chi connectivity index (χ1n) is 8.79. The van der Waals surface area contributed by atoms with Gasteiger partial charge in [-0.3, -0.25) is 4.79 Å². The van der Waals surface area contributed by atoms with Crippen LogP contribution in [0.3, 0.4) is 0 Å². The standard InChI is InChI=1S/C19H26N2OS/c1-3-4-5-15-8-10-21(11-9-15)19(22)13-16-6-7-18-17(12-16)20-14(2)23-18/h6-7,12,15H,3-5,8-11,13H2,1-2H3. The zero-order valence-corrected chi connectivity index (χ0v) is 15.0. The Hall–Kier alpha value is -1.42. The van der Waals surface area contributed by atoms with Crippen molar-refractivity contribution in [1.29, 1.82) is 0 Å². The van der Waals surface area contributed by atoms with Crippen LogP contribution >= 0.6 is 11.3 Å². The number of nitrogens with zero attached hydrogens (tertiary/aromatic N) is 2. The first kappa shape index (κ1) is 16.4. The van der Waals surface area contributed by atoms with E-state index in [0.29, 0.717) is 6.42 Å². The molecular formula is C19H26N2OS. The van der Waals surface area contributed by atoms with Crippen molar-refractivity contribution in [3.05, 3.63) is 28.8 Å². The molecule has 0 unspecified atom stereocenters. The number of benzene rings is 1. The van der Waals surface area contributed by atoms with Crippen molar-refractivity contribution in [2.24, 2.45) is 5.92 Å². The van der Waals surface area contributed by atoms with E-state index in [2.05, 4.69) is 35.0 Å². The molecule has 1 aliphatic heterocycles. The number of hydrogen-bond donors (Lipinski definition) is 0. The molecule has 4 heteroatoms. The molecular weight excluding hydrogens is 304 g/mol. The van der Waals surface area contributed by atoms with Crippen molar-refractivity contribution in [2.45, 2.75) is 52.4 Å². The molecule has 1 fully saturated rings. The maximum Gasteiger partial charge on any atom is 0.226 e. The van der Waals surface area contributed by atoms with Crippen LogP contribution in [0.4, 0.5) is 0 Å². The fraction of sp³-hybridized carbons (Fsp3) is 0.579. The Balaban J connectivity index is 1.56. The van der Waals surface area contributed by atoms with Gasteiger partial charge in [0.15, 0.2) is 0 Å². The highest BCUT2D eigenvalue weighted by Crippen LogP contribution is 2.25. The summed E-state index contributed by atoms with van der Waals surface area (Å²) in [7, 11) is 0. The lowest BCUT2D eigenvalue weighted by atomic mass is 9.91. The van der Waals surface area contributed by atoms with Crippen molar-refractivity contribution in [3.63, 3.8) is 0 Å². The summed E-state index contributed by atoms with van der Waals surface area (Å²) in [6.07, 6.45) is 6.79. The van der Waals surface area contributed by atoms with Gasteiger partial charge in [-0.1, -0.05) is 32.3 Å². The number of carbonyl (C=O) groups excluding carboxylic acids is 1. The molecule has 1 amide bonds. The molecule has 0 N–H and O–H groups in total. The lowest BCUT2D eigenvalue weighted by Crippen LogP contribution is -2.39. The molecule has 2 heterocycles. The smallest absolute Gasteiger partial charge is 0.226 e. The fourth-order valence-corrected chi connectivity index (χ4v) is 4.26. The quantitative estimate of drug-likeness (QED) is 0.804. The van der Waals surface area contributed by atoms with Crippen LogP contribution in [-0.4, -0.2) is 28.9 Å². The van der Waals surface area contributed by atoms with Gasteiger partial charge in [0.2, 0.25) is 5.91 Å². The Kier molecular flexibility index (Phi) is 5.31. The number of unbranched alkanes of at least 4 members (excludes halogenated alkanes) is 1. The molecule has 1 aromatic heterocycles. The normalized spacial score (nSPS) is 16.2. The molecule has 0 saturated carbocycles. The number of likely N-dealkylation sites (tertiary alicyclic amines) is 1. The second-order valence-electron chi connectivity index (χ2n) is 6.68. The van der Waals surface area contributed by atoms with E-state index < -0.39 is 0 Å². The van der Waals surface area contributed by atoms with Gasteiger partial charge in [0, 0.05) is 13.1 Å². The Morgan fingerprint density at radius 3 is 2.87 bits per heavy atom. The number of aryl methyl sites for hydroxylation is 1. The van der Waals surface area contributed by atoms with Crippen LogP contribution in [0.15, 0.2) is 18.2 Å². The second-order valence-corrected chi connectivity index (χ2v) is 7.91. The summed E-state index contributed by atoms with van der Waals surface area (Å²) in [5.41, 5.74) is 2.11. The summed E-state index contributed by atoms with van der Waals surface area (Å²) >= 11 is 1.71. The number of hydrogen-bond acceptors (Lipinski definition) is 3. The van der Waals surface area contributed by atoms with E-state index in [1.165, 1.54) is 36.8 Å². The van der Waals surface area contributed by atoms with Crippen LogP contribution < -0.4 is 0 Å². The minimum Gasteiger partial charge on any atom is -0.342 e. The summed E-state index contributed by atoms with van der Waals surface area (Å²) in [5, 5.41) is 1.08. The van der Waals surface area contributed by atoms with E-state index in [-0.39, 0.29) is 5.91 Å². The molecule has 1 aliphatic rings. The minimum atomic E-state index is 0.269. The number of piperidine rings is 1. The number of aromatic nitrogens is 1. The monoisotopic (exact) mass is 330 g/mol. The molecule has 3 nitrogen and oxygen atoms in total. The molecule has 0 atom stereocenters. The third-order valence-electron chi connectivity index (χ3n) is 4.85. The average Bonchev–Trinajstić information content (AvgIpc) is 2.92. The molecule has 0 aliphatic carbocycles. The number of carbonyl (C=O) groups is 1. The Morgan fingerprint density at radius 1 is 1.35 bits per heavy atom. The van der Waals surface area contributed by atoms with Gasteiger partial charge < -0.3 is 4.90 Å². The van der Waals surface area contributed by atoms with Crippen LogP contribution in [-0.2, 0) is 11.2 Å². The number of fused-ring (bicyclic) bond motifs is 1. The largest absolute Gasteiger partial charge is 0.342 e. The van der Waals surface area contributed by atoms with Crippen molar-refractivity contribution >= 4 is 27.5 Å². The maximum atomic E-state index is 12.5. The predicted molar refractivity (Wildman–Crippen MR) is 96.9 cm³/mol. The highest BCUT2D eigenvalue weighted by molar-refractivity contribution is 7.18. The molecule has 3 rings (SSSR count). The molecule has 0 radical (unpaired) electrons. The number of thiazole rings is 1. The summed E-state index contributed by atoms with van der Waals surface area (Å²) in [5.74, 6) is 1.10. The fourth-order valence-electron chi connectivity index (χ4n) is 3.45. The van der Waals surface area contributed by atoms with Gasteiger partial charge >= 0.3 is 0 Å². The second kappa shape index (κ2) is 7.43. The van der Waals surface area contributed by atoms with Gasteiger partial charge in [-0.25, -0.2) is 4.98 Å². The van der Waals surface area contributed by atoms with Crippen molar-refractivity contribution in [3.8, 4) is 0 Å². The molecule has 2 aromatic rings. The molecule has 1 aromatic carbocycles. The van der Waals surface area contributed by atoms with Gasteiger partial charge in [0.05, 0.1) is 21.6 Å². The van der Waals surface area contributed by atoms with Crippen molar-refractivity contribution in [2.75, 3.05) is 13.1 Å². The molecule has 1 saturated heterocycles. The minimum absolute atomic E-state index is 0.269. The molecule has 0 bridgehead atoms. The Labute approximate surface area is 142 Å². The van der Waals surface area contributed by atoms with Gasteiger partial charge in [-0.05, 0) is 43.4 Å². The number of amides is 1. The first-order chi connectivity index (χ1) is 11.2. The predicted octanol–water partition coefficient (Wildman–Crippen LogP) is 4.58. The van der Waals surface area contributed by atoms with Crippen molar-refractivity contribution < 1.29 is 4.79 Å². The third-order valence-corrected chi connectivity index (χ3v) is 5.80. The zero-order valence-electron chi connectivity index (χ0n) is 14.2. The van der Waals surface area contributed by atoms with Crippen LogP contribution in [0.2, 0.25) is 0 Å². The number of rotatable bonds is 5. The Morgan fingerprint density at radius 2 is 2.13 bits per heavy atom. The van der Waals surface area contributed by atoms with Crippen molar-refractivity contribution in [1.82, 2.24) is 9.88 Å². The van der Waals surface area contributed by atoms with Gasteiger partial charge in [0.1, 0.15) is 0 Å². The van der Waals surface area contributed by atoms with Gasteiger partial charge in [0.25, 0.3) is 0 Å². The maximum absolute atomic E-state index is 12.5. The molecule has 124 valence electrons. The summed E-state index contributed by atoms with van der Waals surface area (Å²) in [6.45, 7) is 6.15. The third kappa shape index (κ3) is 4.11. The zero-order chi connectivity index (χ0) is 16.2. The van der Waals surface area contributed by atoms with E-state index in [1.54, 1.807) is 11.3 Å². The summed E-state index contributed by atoms with van der Waals surface area (Å²) in [6, 6.07) is 6.25. The first-order valence-corrected chi connectivity index (χ1v) is 9.61. The molecule has 0 spiro atoms. The summed E-state index contributed by atoms with van der Waals surface area (Å²) < 4.78 is 1.20. The summed E-state index contributed by atoms with van der Waals surface area (Å²) in [4.78, 5) is 19.1. The van der Waals surface area contributed by atoms with E-state index in [1.807, 2.05) is 6.92 Å². The lowest BCUT2D eigenvalue weighted by Gasteiger charge is -2.32. The lowest BCUT2D eigenvalue weighted by molar-refractivity contribution is -0.131. The van der Waals surface area contributed by atoms with E-state index in [4.69, 9.17) is 0 Å². The van der Waals surface area contributed by atoms with Crippen LogP contribution in [0.25, 0.3) is 10.2 Å². The Bertz CT molecular complexity index is 671. The highest BCUT2D eigenvalue weighted by Gasteiger charge is 2.22. The highest BCUT2D eigenvalue weighted by atomic mass is 32.1. The van der Waals surface area contributed by atoms with Crippen LogP contribution in [0.1, 0.15) is 49.6 Å². The van der Waals surface area contributed by atoms with Gasteiger partial charge in [-0.2, -0.15) is 0 Å². The topological polar surface area (TPSA) is 33.2 Å². The van der Waals surface area contributed by atoms with Crippen LogP contribution in [0, 0.1) is 12.8 Å². The average molecular weight is 330 g/mol.